The molecule has 0 saturated heterocycles. The summed E-state index contributed by atoms with van der Waals surface area (Å²) < 4.78 is 0. The Bertz CT molecular complexity index is 1200. The molecule has 32 heavy (non-hydrogen) atoms. The number of carbonyl (C=O) groups is 2. The first-order chi connectivity index (χ1) is 15.5. The quantitative estimate of drug-likeness (QED) is 0.541. The predicted molar refractivity (Wildman–Crippen MR) is 126 cm³/mol. The van der Waals surface area contributed by atoms with Gasteiger partial charge in [0.15, 0.2) is 0 Å². The number of benzene rings is 3. The number of aryl methyl sites for hydroxylation is 1. The number of urea groups is 1. The average Bonchev–Trinajstić information content (AvgIpc) is 2.92. The third-order valence-electron chi connectivity index (χ3n) is 5.23. The van der Waals surface area contributed by atoms with Gasteiger partial charge in [0.1, 0.15) is 0 Å². The normalized spacial score (nSPS) is 12.2. The van der Waals surface area contributed by atoms with E-state index in [1.54, 1.807) is 35.8 Å². The molecule has 3 aromatic rings. The SMILES string of the molecule is CN1C(=O)c2ccccc2Sc2ccc(NC(=O)NCCCc3ccc(C#N)cc3)cc21. The van der Waals surface area contributed by atoms with Crippen molar-refractivity contribution in [1.82, 2.24) is 5.32 Å². The van der Waals surface area contributed by atoms with Crippen molar-refractivity contribution in [2.45, 2.75) is 22.6 Å². The molecule has 1 heterocycles. The summed E-state index contributed by atoms with van der Waals surface area (Å²) in [5.41, 5.74) is 3.82. The molecule has 1 aliphatic rings. The van der Waals surface area contributed by atoms with Crippen LogP contribution in [0.1, 0.15) is 27.9 Å². The Morgan fingerprint density at radius 2 is 1.84 bits per heavy atom. The monoisotopic (exact) mass is 442 g/mol. The number of hydrogen-bond acceptors (Lipinski definition) is 4. The van der Waals surface area contributed by atoms with E-state index in [-0.39, 0.29) is 11.9 Å². The van der Waals surface area contributed by atoms with Crippen molar-refractivity contribution in [3.8, 4) is 6.07 Å². The van der Waals surface area contributed by atoms with Crippen LogP contribution >= 0.6 is 11.8 Å². The molecule has 3 aromatic carbocycles. The summed E-state index contributed by atoms with van der Waals surface area (Å²) in [6.45, 7) is 0.528. The summed E-state index contributed by atoms with van der Waals surface area (Å²) >= 11 is 1.55. The summed E-state index contributed by atoms with van der Waals surface area (Å²) in [4.78, 5) is 28.7. The second kappa shape index (κ2) is 9.58. The second-order valence-corrected chi connectivity index (χ2v) is 8.52. The van der Waals surface area contributed by atoms with Crippen molar-refractivity contribution >= 4 is 35.1 Å². The van der Waals surface area contributed by atoms with Crippen molar-refractivity contribution in [2.24, 2.45) is 0 Å². The average molecular weight is 443 g/mol. The van der Waals surface area contributed by atoms with Crippen molar-refractivity contribution in [3.63, 3.8) is 0 Å². The molecule has 7 heteroatoms. The number of rotatable bonds is 5. The molecule has 1 aliphatic heterocycles. The zero-order valence-electron chi connectivity index (χ0n) is 17.6. The van der Waals surface area contributed by atoms with Crippen molar-refractivity contribution in [2.75, 3.05) is 23.8 Å². The lowest BCUT2D eigenvalue weighted by Crippen LogP contribution is -2.30. The summed E-state index contributed by atoms with van der Waals surface area (Å²) in [5.74, 6) is -0.0729. The van der Waals surface area contributed by atoms with E-state index >= 15 is 0 Å². The van der Waals surface area contributed by atoms with Gasteiger partial charge in [-0.3, -0.25) is 4.79 Å². The van der Waals surface area contributed by atoms with E-state index in [2.05, 4.69) is 16.7 Å². The van der Waals surface area contributed by atoms with Gasteiger partial charge in [-0.15, -0.1) is 0 Å². The van der Waals surface area contributed by atoms with E-state index in [0.29, 0.717) is 23.4 Å². The highest BCUT2D eigenvalue weighted by Crippen LogP contribution is 2.41. The smallest absolute Gasteiger partial charge is 0.319 e. The van der Waals surface area contributed by atoms with Crippen LogP contribution in [0.3, 0.4) is 0 Å². The minimum absolute atomic E-state index is 0.0729. The van der Waals surface area contributed by atoms with Crippen LogP contribution in [0.5, 0.6) is 0 Å². The van der Waals surface area contributed by atoms with E-state index in [9.17, 15) is 9.59 Å². The highest BCUT2D eigenvalue weighted by molar-refractivity contribution is 7.99. The van der Waals surface area contributed by atoms with Crippen LogP contribution in [0.25, 0.3) is 0 Å². The van der Waals surface area contributed by atoms with Crippen LogP contribution in [0.4, 0.5) is 16.2 Å². The van der Waals surface area contributed by atoms with Gasteiger partial charge in [0.2, 0.25) is 0 Å². The molecular weight excluding hydrogens is 420 g/mol. The van der Waals surface area contributed by atoms with Crippen LogP contribution in [-0.4, -0.2) is 25.5 Å². The number of anilines is 2. The Hall–Kier alpha value is -3.76. The maximum absolute atomic E-state index is 12.9. The molecule has 0 aliphatic carbocycles. The van der Waals surface area contributed by atoms with E-state index < -0.39 is 0 Å². The third-order valence-corrected chi connectivity index (χ3v) is 6.37. The summed E-state index contributed by atoms with van der Waals surface area (Å²) in [7, 11) is 1.75. The van der Waals surface area contributed by atoms with Crippen LogP contribution in [0.2, 0.25) is 0 Å². The maximum Gasteiger partial charge on any atom is 0.319 e. The van der Waals surface area contributed by atoms with E-state index in [1.807, 2.05) is 54.6 Å². The summed E-state index contributed by atoms with van der Waals surface area (Å²) in [5, 5.41) is 14.6. The molecule has 0 radical (unpaired) electrons. The first kappa shape index (κ1) is 21.5. The zero-order valence-corrected chi connectivity index (χ0v) is 18.4. The number of nitrogens with one attached hydrogen (secondary N) is 2. The topological polar surface area (TPSA) is 85.2 Å². The number of amides is 3. The Kier molecular flexibility index (Phi) is 6.43. The van der Waals surface area contributed by atoms with Gasteiger partial charge in [0.25, 0.3) is 5.91 Å². The number of nitriles is 1. The molecule has 160 valence electrons. The first-order valence-electron chi connectivity index (χ1n) is 10.3. The van der Waals surface area contributed by atoms with Crippen molar-refractivity contribution < 1.29 is 9.59 Å². The Morgan fingerprint density at radius 1 is 1.06 bits per heavy atom. The molecule has 0 fully saturated rings. The lowest BCUT2D eigenvalue weighted by atomic mass is 10.1. The Morgan fingerprint density at radius 3 is 2.62 bits per heavy atom. The number of hydrogen-bond donors (Lipinski definition) is 2. The van der Waals surface area contributed by atoms with Crippen LogP contribution in [0, 0.1) is 11.3 Å². The largest absolute Gasteiger partial charge is 0.338 e. The highest BCUT2D eigenvalue weighted by atomic mass is 32.2. The third kappa shape index (κ3) is 4.76. The number of carbonyl (C=O) groups excluding carboxylic acids is 2. The lowest BCUT2D eigenvalue weighted by molar-refractivity contribution is 0.0990. The van der Waals surface area contributed by atoms with E-state index in [1.165, 1.54) is 0 Å². The molecule has 0 atom stereocenters. The predicted octanol–water partition coefficient (Wildman–Crippen LogP) is 5.05. The molecule has 3 amide bonds. The molecule has 0 saturated carbocycles. The van der Waals surface area contributed by atoms with Gasteiger partial charge in [-0.1, -0.05) is 36.0 Å². The Balaban J connectivity index is 1.34. The first-order valence-corrected chi connectivity index (χ1v) is 11.1. The van der Waals surface area contributed by atoms with Gasteiger partial charge >= 0.3 is 6.03 Å². The molecule has 0 aromatic heterocycles. The maximum atomic E-state index is 12.9. The summed E-state index contributed by atoms with van der Waals surface area (Å²) in [6.07, 6.45) is 1.60. The lowest BCUT2D eigenvalue weighted by Gasteiger charge is -2.18. The minimum atomic E-state index is -0.289. The van der Waals surface area contributed by atoms with Gasteiger partial charge in [-0.2, -0.15) is 5.26 Å². The van der Waals surface area contributed by atoms with Gasteiger partial charge in [0, 0.05) is 29.1 Å². The standard InChI is InChI=1S/C25H22N4O2S/c1-29-21-15-19(12-13-23(21)32-22-7-3-2-6-20(22)24(29)30)28-25(31)27-14-4-5-17-8-10-18(16-26)11-9-17/h2-3,6-13,15H,4-5,14H2,1H3,(H2,27,28,31). The van der Waals surface area contributed by atoms with Crippen LogP contribution < -0.4 is 15.5 Å². The number of fused-ring (bicyclic) bond motifs is 2. The highest BCUT2D eigenvalue weighted by Gasteiger charge is 2.24. The van der Waals surface area contributed by atoms with Gasteiger partial charge in [0.05, 0.1) is 22.9 Å². The van der Waals surface area contributed by atoms with Crippen LogP contribution in [0.15, 0.2) is 76.5 Å². The fourth-order valence-electron chi connectivity index (χ4n) is 3.50. The van der Waals surface area contributed by atoms with Crippen LogP contribution in [-0.2, 0) is 6.42 Å². The van der Waals surface area contributed by atoms with E-state index in [4.69, 9.17) is 5.26 Å². The fraction of sp³-hybridized carbons (Fsp3) is 0.160. The molecule has 0 bridgehead atoms. The summed E-state index contributed by atoms with van der Waals surface area (Å²) in [6, 6.07) is 22.4. The molecule has 2 N–H and O–H groups in total. The van der Waals surface area contributed by atoms with Gasteiger partial charge in [-0.05, 0) is 60.9 Å². The Labute approximate surface area is 191 Å². The van der Waals surface area contributed by atoms with Gasteiger partial charge < -0.3 is 15.5 Å². The minimum Gasteiger partial charge on any atom is -0.338 e. The number of nitrogens with zero attached hydrogens (tertiary/aromatic N) is 2. The molecule has 0 spiro atoms. The van der Waals surface area contributed by atoms with Crippen molar-refractivity contribution in [1.29, 1.82) is 5.26 Å². The van der Waals surface area contributed by atoms with Crippen molar-refractivity contribution in [3.05, 3.63) is 83.4 Å². The fourth-order valence-corrected chi connectivity index (χ4v) is 4.59. The van der Waals surface area contributed by atoms with E-state index in [0.717, 1.165) is 33.9 Å². The molecule has 4 rings (SSSR count). The molecular formula is C25H22N4O2S. The van der Waals surface area contributed by atoms with Gasteiger partial charge in [-0.25, -0.2) is 4.79 Å². The molecule has 0 unspecified atom stereocenters. The second-order valence-electron chi connectivity index (χ2n) is 7.44. The molecule has 6 nitrogen and oxygen atoms in total. The zero-order chi connectivity index (χ0) is 22.5.